The molecule has 0 unspecified atom stereocenters. The number of rotatable bonds is 49. The lowest BCUT2D eigenvalue weighted by molar-refractivity contribution is -0.146. The minimum absolute atomic E-state index is 0.0944. The summed E-state index contributed by atoms with van der Waals surface area (Å²) in [6, 6.07) is 31.7. The molecule has 20 heteroatoms. The Kier molecular flexibility index (Phi) is 37.4. The lowest BCUT2D eigenvalue weighted by atomic mass is 9.78. The molecular formula is C65H95N3O13S4. The Morgan fingerprint density at radius 3 is 0.976 bits per heavy atom. The normalized spacial score (nSPS) is 11.5. The van der Waals surface area contributed by atoms with Crippen molar-refractivity contribution in [2.24, 2.45) is 11.5 Å². The van der Waals surface area contributed by atoms with E-state index in [-0.39, 0.29) is 107 Å². The largest absolute Gasteiger partial charge is 0.490 e. The first kappa shape index (κ1) is 72.7. The Morgan fingerprint density at radius 2 is 0.671 bits per heavy atom. The summed E-state index contributed by atoms with van der Waals surface area (Å²) in [4.78, 5) is 51.9. The first-order chi connectivity index (χ1) is 41.2. The molecule has 0 radical (unpaired) electrons. The number of hydrogen-bond donors (Lipinski definition) is 3. The van der Waals surface area contributed by atoms with Crippen molar-refractivity contribution in [3.05, 3.63) is 119 Å². The zero-order valence-corrected chi connectivity index (χ0v) is 54.0. The van der Waals surface area contributed by atoms with E-state index in [9.17, 15) is 24.3 Å². The molecule has 5 N–H and O–H groups in total. The van der Waals surface area contributed by atoms with Crippen molar-refractivity contribution in [1.82, 2.24) is 4.90 Å². The summed E-state index contributed by atoms with van der Waals surface area (Å²) >= 11 is 0. The average Bonchev–Trinajstić information content (AvgIpc) is 3.17. The third-order valence-corrected chi connectivity index (χ3v) is 19.0. The maximum Gasteiger partial charge on any atom is 0.307 e. The second-order valence-electron chi connectivity index (χ2n) is 21.2. The number of nitrogens with zero attached hydrogens (tertiary/aromatic N) is 1. The standard InChI is InChI=1S/C65H95N3O13S4/c1-64(2,52-16-24-56(25-17-52)74-40-44-78-60(70)14-8-5-12-48-82-84-50-34-66)54-20-28-58(29-21-54)76-42-46-80-62(72)32-37-68(36-10-7-11-39-69)38-33-63(73)81-47-43-77-59-30-22-55(23-31-59)65(3,4)53-18-26-57(27-19-53)75-41-45-79-61(71)15-9-6-13-49-83-85-51-35-67/h16-31,69H,5-15,32-51,66-67H2,1-4H3. The molecule has 0 aliphatic rings. The smallest absolute Gasteiger partial charge is 0.307 e. The topological polar surface area (TPSA) is 218 Å². The van der Waals surface area contributed by atoms with Crippen molar-refractivity contribution >= 4 is 67.1 Å². The van der Waals surface area contributed by atoms with Gasteiger partial charge in [0.2, 0.25) is 0 Å². The Labute approximate surface area is 522 Å². The van der Waals surface area contributed by atoms with Gasteiger partial charge in [0, 0.05) is 79.5 Å². The molecule has 16 nitrogen and oxygen atoms in total. The number of aliphatic hydroxyl groups excluding tert-OH is 1. The van der Waals surface area contributed by atoms with Crippen LogP contribution in [-0.2, 0) is 49.0 Å². The van der Waals surface area contributed by atoms with Crippen LogP contribution in [0.5, 0.6) is 23.0 Å². The highest BCUT2D eigenvalue weighted by Gasteiger charge is 2.25. The molecule has 0 aliphatic carbocycles. The van der Waals surface area contributed by atoms with Crippen LogP contribution in [0.3, 0.4) is 0 Å². The van der Waals surface area contributed by atoms with E-state index >= 15 is 0 Å². The second-order valence-corrected chi connectivity index (χ2v) is 26.6. The van der Waals surface area contributed by atoms with Crippen LogP contribution in [0.25, 0.3) is 0 Å². The summed E-state index contributed by atoms with van der Waals surface area (Å²) < 4.78 is 45.2. The van der Waals surface area contributed by atoms with Gasteiger partial charge in [-0.15, -0.1) is 0 Å². The number of carbonyl (C=O) groups is 4. The van der Waals surface area contributed by atoms with E-state index in [1.54, 1.807) is 21.6 Å². The molecule has 4 rings (SSSR count). The molecule has 4 aromatic carbocycles. The molecule has 85 heavy (non-hydrogen) atoms. The van der Waals surface area contributed by atoms with Gasteiger partial charge in [-0.3, -0.25) is 19.2 Å². The molecule has 4 aromatic rings. The SMILES string of the molecule is CC(C)(c1ccc(OCCOC(=O)CCCCCSSCCN)cc1)c1ccc(OCCOC(=O)CCN(CCCCCO)CCC(=O)OCCOc2ccc(C(C)(C)c3ccc(OCCOC(=O)CCCCCSSCCN)cc3)cc2)cc1. The third kappa shape index (κ3) is 31.1. The van der Waals surface area contributed by atoms with Crippen LogP contribution in [0.1, 0.15) is 133 Å². The molecule has 0 saturated carbocycles. The second kappa shape index (κ2) is 43.8. The molecule has 0 amide bonds. The van der Waals surface area contributed by atoms with Crippen molar-refractivity contribution in [3.8, 4) is 23.0 Å². The maximum absolute atomic E-state index is 12.8. The van der Waals surface area contributed by atoms with Gasteiger partial charge in [-0.1, -0.05) is 132 Å². The minimum Gasteiger partial charge on any atom is -0.490 e. The number of hydrogen-bond acceptors (Lipinski definition) is 20. The predicted octanol–water partition coefficient (Wildman–Crippen LogP) is 11.8. The van der Waals surface area contributed by atoms with Crippen LogP contribution in [0.15, 0.2) is 97.1 Å². The third-order valence-electron chi connectivity index (χ3n) is 13.9. The Balaban J connectivity index is 1.07. The van der Waals surface area contributed by atoms with Gasteiger partial charge in [0.15, 0.2) is 0 Å². The van der Waals surface area contributed by atoms with Gasteiger partial charge in [-0.25, -0.2) is 0 Å². The molecule has 0 bridgehead atoms. The van der Waals surface area contributed by atoms with Gasteiger partial charge >= 0.3 is 23.9 Å². The van der Waals surface area contributed by atoms with Gasteiger partial charge in [0.05, 0.1) is 12.8 Å². The van der Waals surface area contributed by atoms with Crippen LogP contribution < -0.4 is 30.4 Å². The number of carbonyl (C=O) groups excluding carboxylic acids is 4. The average molecular weight is 1250 g/mol. The van der Waals surface area contributed by atoms with E-state index in [1.165, 1.54) is 0 Å². The van der Waals surface area contributed by atoms with E-state index in [4.69, 9.17) is 49.4 Å². The molecular weight excluding hydrogens is 1160 g/mol. The highest BCUT2D eigenvalue weighted by molar-refractivity contribution is 8.77. The monoisotopic (exact) mass is 1250 g/mol. The van der Waals surface area contributed by atoms with Crippen LogP contribution in [-0.4, -0.2) is 149 Å². The zero-order chi connectivity index (χ0) is 61.2. The van der Waals surface area contributed by atoms with E-state index in [2.05, 4.69) is 32.6 Å². The number of nitrogens with two attached hydrogens (primary N) is 2. The predicted molar refractivity (Wildman–Crippen MR) is 347 cm³/mol. The fourth-order valence-corrected chi connectivity index (χ4v) is 12.8. The van der Waals surface area contributed by atoms with Crippen molar-refractivity contribution in [2.75, 3.05) is 115 Å². The van der Waals surface area contributed by atoms with Gasteiger partial charge in [0.1, 0.15) is 75.9 Å². The Bertz CT molecular complexity index is 2270. The summed E-state index contributed by atoms with van der Waals surface area (Å²) in [6.07, 6.45) is 9.29. The van der Waals surface area contributed by atoms with Crippen LogP contribution in [0, 0.1) is 0 Å². The Hall–Kier alpha value is -4.80. The molecule has 472 valence electrons. The number of unbranched alkanes of at least 4 members (excludes halogenated alkanes) is 6. The molecule has 0 saturated heterocycles. The van der Waals surface area contributed by atoms with Gasteiger partial charge in [-0.2, -0.15) is 0 Å². The molecule has 0 aliphatic heterocycles. The van der Waals surface area contributed by atoms with Gasteiger partial charge in [-0.05, 0) is 122 Å². The van der Waals surface area contributed by atoms with Gasteiger partial charge in [0.25, 0.3) is 0 Å². The van der Waals surface area contributed by atoms with Crippen molar-refractivity contribution < 1.29 is 62.2 Å². The van der Waals surface area contributed by atoms with Crippen LogP contribution >= 0.6 is 43.2 Å². The highest BCUT2D eigenvalue weighted by Crippen LogP contribution is 2.35. The van der Waals surface area contributed by atoms with Crippen molar-refractivity contribution in [1.29, 1.82) is 0 Å². The lowest BCUT2D eigenvalue weighted by Crippen LogP contribution is -2.31. The summed E-state index contributed by atoms with van der Waals surface area (Å²) in [5.74, 6) is 5.70. The number of aliphatic hydroxyl groups is 1. The quantitative estimate of drug-likeness (QED) is 0.0162. The van der Waals surface area contributed by atoms with Gasteiger partial charge < -0.3 is 59.4 Å². The van der Waals surface area contributed by atoms with Crippen molar-refractivity contribution in [2.45, 2.75) is 122 Å². The molecule has 0 fully saturated rings. The summed E-state index contributed by atoms with van der Waals surface area (Å²) in [5.41, 5.74) is 14.8. The highest BCUT2D eigenvalue weighted by atomic mass is 33.1. The fourth-order valence-electron chi connectivity index (χ4n) is 8.76. The number of ether oxygens (including phenoxy) is 8. The fraction of sp³-hybridized carbons (Fsp3) is 0.569. The molecule has 0 heterocycles. The maximum atomic E-state index is 12.8. The summed E-state index contributed by atoms with van der Waals surface area (Å²) in [6.45, 7) is 13.2. The summed E-state index contributed by atoms with van der Waals surface area (Å²) in [7, 11) is 7.26. The van der Waals surface area contributed by atoms with E-state index < -0.39 is 0 Å². The Morgan fingerprint density at radius 1 is 0.376 bits per heavy atom. The zero-order valence-electron chi connectivity index (χ0n) is 50.7. The van der Waals surface area contributed by atoms with Crippen molar-refractivity contribution in [3.63, 3.8) is 0 Å². The number of benzene rings is 4. The molecule has 0 atom stereocenters. The van der Waals surface area contributed by atoms with Crippen LogP contribution in [0.4, 0.5) is 0 Å². The molecule has 0 aromatic heterocycles. The first-order valence-electron chi connectivity index (χ1n) is 30.0. The first-order valence-corrected chi connectivity index (χ1v) is 35.0. The van der Waals surface area contributed by atoms with E-state index in [1.807, 2.05) is 119 Å². The van der Waals surface area contributed by atoms with E-state index in [0.717, 1.165) is 96.6 Å². The van der Waals surface area contributed by atoms with E-state index in [0.29, 0.717) is 75.0 Å². The number of esters is 4. The summed E-state index contributed by atoms with van der Waals surface area (Å²) in [5, 5.41) is 9.28. The molecule has 0 spiro atoms. The lowest BCUT2D eigenvalue weighted by Gasteiger charge is -2.26. The minimum atomic E-state index is -0.354. The van der Waals surface area contributed by atoms with Crippen LogP contribution in [0.2, 0.25) is 0 Å².